The Morgan fingerprint density at radius 3 is 2.64 bits per heavy atom. The molecule has 1 aliphatic carbocycles. The van der Waals surface area contributed by atoms with E-state index in [-0.39, 0.29) is 17.3 Å². The fourth-order valence-electron chi connectivity index (χ4n) is 4.15. The molecule has 1 N–H and O–H groups in total. The number of Topliss-reactive ketones (excluding diaryl/α,β-unsaturated/α-hetero) is 1. The first-order valence-electron chi connectivity index (χ1n) is 9.39. The number of rotatable bonds is 2. The Kier molecular flexibility index (Phi) is 3.76. The molecule has 5 heteroatoms. The molecular formula is C23H19N3O2. The lowest BCUT2D eigenvalue weighted by atomic mass is 9.79. The number of nitrogens with one attached hydrogen (secondary N) is 1. The van der Waals surface area contributed by atoms with Crippen molar-refractivity contribution in [3.05, 3.63) is 93.4 Å². The SMILES string of the molecule is Cc1cccc(-n2[nH]c3ncc4c(c3c2=O)C[C@H](c2ccccc2)CC4=O)c1. The summed E-state index contributed by atoms with van der Waals surface area (Å²) in [6, 6.07) is 17.8. The molecule has 0 aliphatic heterocycles. The second-order valence-electron chi connectivity index (χ2n) is 7.40. The van der Waals surface area contributed by atoms with E-state index in [0.717, 1.165) is 22.4 Å². The summed E-state index contributed by atoms with van der Waals surface area (Å²) < 4.78 is 1.52. The summed E-state index contributed by atoms with van der Waals surface area (Å²) in [5.74, 6) is 0.126. The predicted octanol–water partition coefficient (Wildman–Crippen LogP) is 3.93. The van der Waals surface area contributed by atoms with Crippen LogP contribution >= 0.6 is 0 Å². The third-order valence-electron chi connectivity index (χ3n) is 5.53. The predicted molar refractivity (Wildman–Crippen MR) is 108 cm³/mol. The molecule has 0 amide bonds. The quantitative estimate of drug-likeness (QED) is 0.582. The smallest absolute Gasteiger partial charge is 0.281 e. The van der Waals surface area contributed by atoms with Crippen LogP contribution in [0.3, 0.4) is 0 Å². The summed E-state index contributed by atoms with van der Waals surface area (Å²) in [5, 5.41) is 3.63. The molecule has 0 bridgehead atoms. The van der Waals surface area contributed by atoms with Gasteiger partial charge in [-0.05, 0) is 48.1 Å². The van der Waals surface area contributed by atoms with E-state index in [1.54, 1.807) is 6.20 Å². The van der Waals surface area contributed by atoms with Crippen LogP contribution in [-0.2, 0) is 6.42 Å². The molecule has 0 saturated heterocycles. The number of aryl methyl sites for hydroxylation is 1. The van der Waals surface area contributed by atoms with Gasteiger partial charge in [0.05, 0.1) is 11.1 Å². The summed E-state index contributed by atoms with van der Waals surface area (Å²) in [6.45, 7) is 1.99. The Balaban J connectivity index is 1.69. The number of carbonyl (C=O) groups excluding carboxylic acids is 1. The first kappa shape index (κ1) is 16.7. The van der Waals surface area contributed by atoms with Crippen molar-refractivity contribution in [2.45, 2.75) is 25.7 Å². The van der Waals surface area contributed by atoms with Crippen LogP contribution < -0.4 is 5.56 Å². The van der Waals surface area contributed by atoms with Crippen LogP contribution in [0.15, 0.2) is 65.6 Å². The van der Waals surface area contributed by atoms with Gasteiger partial charge in [0.1, 0.15) is 0 Å². The van der Waals surface area contributed by atoms with E-state index in [1.165, 1.54) is 4.68 Å². The van der Waals surface area contributed by atoms with Crippen molar-refractivity contribution in [1.82, 2.24) is 14.8 Å². The van der Waals surface area contributed by atoms with Gasteiger partial charge in [-0.2, -0.15) is 0 Å². The Labute approximate surface area is 161 Å². The molecular weight excluding hydrogens is 350 g/mol. The summed E-state index contributed by atoms with van der Waals surface area (Å²) in [4.78, 5) is 30.4. The van der Waals surface area contributed by atoms with Crippen molar-refractivity contribution in [1.29, 1.82) is 0 Å². The lowest BCUT2D eigenvalue weighted by molar-refractivity contribution is 0.0964. The maximum Gasteiger partial charge on any atom is 0.281 e. The molecule has 2 aromatic carbocycles. The fourth-order valence-corrected chi connectivity index (χ4v) is 4.15. The number of pyridine rings is 1. The fraction of sp³-hybridized carbons (Fsp3) is 0.174. The minimum atomic E-state index is -0.161. The van der Waals surface area contributed by atoms with E-state index >= 15 is 0 Å². The van der Waals surface area contributed by atoms with E-state index < -0.39 is 0 Å². The van der Waals surface area contributed by atoms with Crippen LogP contribution in [0, 0.1) is 6.92 Å². The standard InChI is InChI=1S/C23H19N3O2/c1-14-6-5-9-17(10-14)26-23(28)21-18-11-16(15-7-3-2-4-8-15)12-20(27)19(18)13-24-22(21)25-26/h2-10,13,16H,11-12H2,1H3,(H,24,25)/t16-/m0/s1. The highest BCUT2D eigenvalue weighted by molar-refractivity contribution is 6.02. The molecule has 0 spiro atoms. The van der Waals surface area contributed by atoms with Gasteiger partial charge >= 0.3 is 0 Å². The van der Waals surface area contributed by atoms with E-state index in [4.69, 9.17) is 0 Å². The highest BCUT2D eigenvalue weighted by Gasteiger charge is 2.30. The van der Waals surface area contributed by atoms with Gasteiger partial charge in [0.15, 0.2) is 11.4 Å². The lowest BCUT2D eigenvalue weighted by Gasteiger charge is -2.23. The largest absolute Gasteiger partial charge is 0.294 e. The summed E-state index contributed by atoms with van der Waals surface area (Å²) >= 11 is 0. The summed E-state index contributed by atoms with van der Waals surface area (Å²) in [7, 11) is 0. The minimum absolute atomic E-state index is 0.0483. The number of benzene rings is 2. The summed E-state index contributed by atoms with van der Waals surface area (Å²) in [6.07, 6.45) is 2.71. The number of H-pyrrole nitrogens is 1. The van der Waals surface area contributed by atoms with Crippen molar-refractivity contribution in [2.75, 3.05) is 0 Å². The number of ketones is 1. The molecule has 0 unspecified atom stereocenters. The highest BCUT2D eigenvalue weighted by Crippen LogP contribution is 2.34. The van der Waals surface area contributed by atoms with E-state index in [2.05, 4.69) is 10.1 Å². The third kappa shape index (κ3) is 2.59. The normalized spacial score (nSPS) is 16.3. The van der Waals surface area contributed by atoms with Gasteiger partial charge in [0, 0.05) is 18.2 Å². The first-order valence-corrected chi connectivity index (χ1v) is 9.39. The van der Waals surface area contributed by atoms with Crippen molar-refractivity contribution in [2.24, 2.45) is 0 Å². The molecule has 2 aromatic heterocycles. The van der Waals surface area contributed by atoms with Crippen molar-refractivity contribution in [3.63, 3.8) is 0 Å². The first-order chi connectivity index (χ1) is 13.6. The number of aromatic amines is 1. The van der Waals surface area contributed by atoms with Crippen LogP contribution in [0.4, 0.5) is 0 Å². The Morgan fingerprint density at radius 2 is 1.86 bits per heavy atom. The van der Waals surface area contributed by atoms with Gasteiger partial charge in [0.25, 0.3) is 5.56 Å². The number of carbonyl (C=O) groups is 1. The van der Waals surface area contributed by atoms with Gasteiger partial charge < -0.3 is 0 Å². The van der Waals surface area contributed by atoms with Gasteiger partial charge in [-0.1, -0.05) is 42.5 Å². The topological polar surface area (TPSA) is 67.8 Å². The average molecular weight is 369 g/mol. The van der Waals surface area contributed by atoms with Gasteiger partial charge in [-0.25, -0.2) is 9.67 Å². The second kappa shape index (κ2) is 6.30. The number of nitrogens with zero attached hydrogens (tertiary/aromatic N) is 2. The van der Waals surface area contributed by atoms with Crippen LogP contribution in [0.25, 0.3) is 16.7 Å². The van der Waals surface area contributed by atoms with E-state index in [1.807, 2.05) is 61.5 Å². The molecule has 2 heterocycles. The van der Waals surface area contributed by atoms with Crippen LogP contribution in [0.5, 0.6) is 0 Å². The van der Waals surface area contributed by atoms with Crippen molar-refractivity contribution < 1.29 is 4.79 Å². The Bertz CT molecular complexity index is 1270. The van der Waals surface area contributed by atoms with Gasteiger partial charge in [0.2, 0.25) is 0 Å². The van der Waals surface area contributed by atoms with E-state index in [0.29, 0.717) is 29.4 Å². The molecule has 1 atom stereocenters. The second-order valence-corrected chi connectivity index (χ2v) is 7.40. The van der Waals surface area contributed by atoms with Crippen LogP contribution in [0.2, 0.25) is 0 Å². The molecule has 5 nitrogen and oxygen atoms in total. The van der Waals surface area contributed by atoms with Crippen LogP contribution in [-0.4, -0.2) is 20.5 Å². The molecule has 4 aromatic rings. The number of hydrogen-bond acceptors (Lipinski definition) is 3. The number of hydrogen-bond donors (Lipinski definition) is 1. The third-order valence-corrected chi connectivity index (χ3v) is 5.53. The number of aromatic nitrogens is 3. The average Bonchev–Trinajstić information content (AvgIpc) is 3.05. The number of fused-ring (bicyclic) bond motifs is 3. The van der Waals surface area contributed by atoms with Crippen molar-refractivity contribution >= 4 is 16.8 Å². The molecule has 138 valence electrons. The molecule has 0 saturated carbocycles. The highest BCUT2D eigenvalue weighted by atomic mass is 16.1. The zero-order valence-electron chi connectivity index (χ0n) is 15.5. The maximum absolute atomic E-state index is 13.2. The Hall–Kier alpha value is -3.47. The molecule has 1 aliphatic rings. The van der Waals surface area contributed by atoms with Crippen molar-refractivity contribution in [3.8, 4) is 5.69 Å². The minimum Gasteiger partial charge on any atom is -0.294 e. The molecule has 5 rings (SSSR count). The van der Waals surface area contributed by atoms with E-state index in [9.17, 15) is 9.59 Å². The Morgan fingerprint density at radius 1 is 1.04 bits per heavy atom. The molecule has 0 fully saturated rings. The lowest BCUT2D eigenvalue weighted by Crippen LogP contribution is -2.22. The maximum atomic E-state index is 13.2. The summed E-state index contributed by atoms with van der Waals surface area (Å²) in [5.41, 5.74) is 4.70. The zero-order valence-corrected chi connectivity index (χ0v) is 15.5. The zero-order chi connectivity index (χ0) is 19.3. The van der Waals surface area contributed by atoms with Gasteiger partial charge in [-0.15, -0.1) is 0 Å². The molecule has 28 heavy (non-hydrogen) atoms. The monoisotopic (exact) mass is 369 g/mol. The van der Waals surface area contributed by atoms with Crippen LogP contribution in [0.1, 0.15) is 39.4 Å². The molecule has 0 radical (unpaired) electrons. The van der Waals surface area contributed by atoms with Gasteiger partial charge in [-0.3, -0.25) is 14.7 Å².